The van der Waals surface area contributed by atoms with Crippen LogP contribution in [0.5, 0.6) is 0 Å². The van der Waals surface area contributed by atoms with Crippen LogP contribution >= 0.6 is 0 Å². The maximum absolute atomic E-state index is 15.3. The van der Waals surface area contributed by atoms with Gasteiger partial charge in [-0.05, 0) is 114 Å². The number of ether oxygens (including phenoxy) is 4. The molecule has 0 spiro atoms. The predicted molar refractivity (Wildman–Crippen MR) is 235 cm³/mol. The largest absolute Gasteiger partial charge is 0.464 e. The Labute approximate surface area is 373 Å². The molecule has 2 amide bonds. The van der Waals surface area contributed by atoms with E-state index in [1.807, 2.05) is 40.0 Å². The van der Waals surface area contributed by atoms with Gasteiger partial charge in [-0.25, -0.2) is 10.4 Å². The fourth-order valence-corrected chi connectivity index (χ4v) is 11.7. The number of carbonyl (C=O) groups is 3. The molecule has 9 aliphatic rings. The van der Waals surface area contributed by atoms with Gasteiger partial charge in [0.05, 0.1) is 35.3 Å². The molecule has 2 N–H and O–H groups in total. The molecular weight excluding hydrogens is 815 g/mol. The van der Waals surface area contributed by atoms with Crippen molar-refractivity contribution >= 4 is 28.7 Å². The third-order valence-corrected chi connectivity index (χ3v) is 15.8. The summed E-state index contributed by atoms with van der Waals surface area (Å²) in [6, 6.07) is 8.05. The molecule has 8 fully saturated rings. The number of hydrogen-bond acceptors (Lipinski definition) is 12. The molecule has 9 heterocycles. The van der Waals surface area contributed by atoms with Gasteiger partial charge in [0, 0.05) is 73.0 Å². The number of benzene rings is 1. The van der Waals surface area contributed by atoms with Crippen molar-refractivity contribution in [2.45, 2.75) is 140 Å². The number of cyclic esters (lactones) is 1. The van der Waals surface area contributed by atoms with E-state index in [1.165, 1.54) is 0 Å². The summed E-state index contributed by atoms with van der Waals surface area (Å²) in [6.45, 7) is 13.5. The van der Waals surface area contributed by atoms with Crippen molar-refractivity contribution in [3.8, 4) is 22.5 Å². The fraction of sp³-hybridized carbons (Fsp3) is 0.612. The smallest absolute Gasteiger partial charge is 0.325 e. The van der Waals surface area contributed by atoms with Gasteiger partial charge < -0.3 is 33.2 Å². The third kappa shape index (κ3) is 6.66. The number of amides is 2. The van der Waals surface area contributed by atoms with Gasteiger partial charge in [0.15, 0.2) is 0 Å². The molecule has 6 aliphatic heterocycles. The van der Waals surface area contributed by atoms with E-state index >= 15 is 4.79 Å². The van der Waals surface area contributed by atoms with Crippen molar-refractivity contribution in [1.29, 1.82) is 0 Å². The van der Waals surface area contributed by atoms with E-state index in [0.29, 0.717) is 62.8 Å². The van der Waals surface area contributed by atoms with Crippen LogP contribution in [0.2, 0.25) is 0 Å². The average molecular weight is 876 g/mol. The molecule has 10 bridgehead atoms. The maximum Gasteiger partial charge on any atom is 0.325 e. The fourth-order valence-electron chi connectivity index (χ4n) is 11.7. The molecule has 13 rings (SSSR count). The Balaban J connectivity index is 1.07. The number of oxazole rings is 1. The van der Waals surface area contributed by atoms with Crippen LogP contribution in [-0.4, -0.2) is 111 Å². The minimum atomic E-state index is -1.15. The number of esters is 1. The zero-order chi connectivity index (χ0) is 44.7. The number of hydrazine groups is 1. The first kappa shape index (κ1) is 42.0. The average Bonchev–Trinajstić information content (AvgIpc) is 3.65. The van der Waals surface area contributed by atoms with E-state index in [-0.39, 0.29) is 42.4 Å². The zero-order valence-electron chi connectivity index (χ0n) is 38.2. The van der Waals surface area contributed by atoms with Crippen LogP contribution in [0.15, 0.2) is 47.2 Å². The molecule has 0 radical (unpaired) electrons. The zero-order valence-corrected chi connectivity index (χ0v) is 38.2. The minimum absolute atomic E-state index is 0.0134. The quantitative estimate of drug-likeness (QED) is 0.193. The first-order valence-electron chi connectivity index (χ1n) is 23.2. The molecule has 0 unspecified atom stereocenters. The van der Waals surface area contributed by atoms with Crippen molar-refractivity contribution in [3.63, 3.8) is 0 Å². The van der Waals surface area contributed by atoms with Crippen molar-refractivity contribution in [2.24, 2.45) is 17.3 Å². The summed E-state index contributed by atoms with van der Waals surface area (Å²) in [7, 11) is 3.39. The molecule has 1 aromatic carbocycles. The van der Waals surface area contributed by atoms with Crippen LogP contribution in [0.3, 0.4) is 0 Å². The summed E-state index contributed by atoms with van der Waals surface area (Å²) in [5, 5.41) is 5.87. The number of hydrogen-bond donors (Lipinski definition) is 2. The van der Waals surface area contributed by atoms with Crippen LogP contribution in [-0.2, 0) is 39.8 Å². The minimum Gasteiger partial charge on any atom is -0.464 e. The molecule has 3 aromatic heterocycles. The number of fused-ring (bicyclic) bond motifs is 5. The second-order valence-electron chi connectivity index (χ2n) is 21.5. The van der Waals surface area contributed by atoms with Gasteiger partial charge in [0.25, 0.3) is 11.8 Å². The normalized spacial score (nSPS) is 31.9. The second kappa shape index (κ2) is 14.7. The van der Waals surface area contributed by atoms with Crippen LogP contribution in [0.1, 0.15) is 115 Å². The highest BCUT2D eigenvalue weighted by molar-refractivity contribution is 5.96. The van der Waals surface area contributed by atoms with Crippen molar-refractivity contribution in [1.82, 2.24) is 35.2 Å². The molecule has 64 heavy (non-hydrogen) atoms. The van der Waals surface area contributed by atoms with Crippen molar-refractivity contribution in [2.75, 3.05) is 33.9 Å². The van der Waals surface area contributed by atoms with E-state index in [2.05, 4.69) is 58.3 Å². The summed E-state index contributed by atoms with van der Waals surface area (Å²) >= 11 is 0. The number of nitrogens with one attached hydrogen (secondary N) is 2. The van der Waals surface area contributed by atoms with E-state index in [0.717, 1.165) is 51.8 Å². The molecule has 3 aliphatic carbocycles. The second-order valence-corrected chi connectivity index (χ2v) is 21.5. The molecule has 15 nitrogen and oxygen atoms in total. The number of nitrogens with zero attached hydrogens (tertiary/aromatic N) is 5. The van der Waals surface area contributed by atoms with Gasteiger partial charge in [-0.2, -0.15) is 0 Å². The Morgan fingerprint density at radius 2 is 1.80 bits per heavy atom. The lowest BCUT2D eigenvalue weighted by molar-refractivity contribution is -0.176. The Morgan fingerprint density at radius 3 is 2.48 bits per heavy atom. The lowest BCUT2D eigenvalue weighted by Gasteiger charge is -2.55. The summed E-state index contributed by atoms with van der Waals surface area (Å²) in [5.41, 5.74) is 7.56. The number of aromatic nitrogens is 3. The highest BCUT2D eigenvalue weighted by Gasteiger charge is 2.66. The Hall–Kier alpha value is -4.67. The van der Waals surface area contributed by atoms with Crippen LogP contribution in [0, 0.1) is 17.3 Å². The molecule has 3 saturated carbocycles. The number of methoxy groups -OCH3 is 2. The summed E-state index contributed by atoms with van der Waals surface area (Å²) in [5.74, 6) is -0.516. The van der Waals surface area contributed by atoms with Crippen LogP contribution in [0.25, 0.3) is 33.4 Å². The lowest BCUT2D eigenvalue weighted by atomic mass is 9.69. The third-order valence-electron chi connectivity index (χ3n) is 15.8. The van der Waals surface area contributed by atoms with E-state index in [4.69, 9.17) is 33.3 Å². The number of pyridine rings is 1. The van der Waals surface area contributed by atoms with Gasteiger partial charge in [-0.15, -0.1) is 0 Å². The topological polar surface area (TPSA) is 163 Å². The number of carbonyl (C=O) groups excluding carboxylic acids is 3. The lowest BCUT2D eigenvalue weighted by Crippen LogP contribution is -2.73. The summed E-state index contributed by atoms with van der Waals surface area (Å²) in [4.78, 5) is 56.4. The van der Waals surface area contributed by atoms with E-state index < -0.39 is 46.3 Å². The predicted octanol–water partition coefficient (Wildman–Crippen LogP) is 6.22. The maximum atomic E-state index is 15.3. The van der Waals surface area contributed by atoms with Gasteiger partial charge in [0.1, 0.15) is 35.7 Å². The SMILES string of the molecule is CO[C@@H](C)c1ncccc1-c1c2c3cc(ccc3n1C1CC1)-c1coc(n1)[C@@H](N1CC(C)(OC)C1)[C@H](NC(=O)C13CC(C1)C(C)(C)O3)C(=O)N1N[C@H](C(=O)OCC(C)(C)C2)C2CC1C2. The highest BCUT2D eigenvalue weighted by Crippen LogP contribution is 2.58. The van der Waals surface area contributed by atoms with Gasteiger partial charge in [0.2, 0.25) is 5.89 Å². The Kier molecular flexibility index (Phi) is 9.62. The number of rotatable bonds is 8. The van der Waals surface area contributed by atoms with Gasteiger partial charge in [-0.1, -0.05) is 19.9 Å². The van der Waals surface area contributed by atoms with Crippen molar-refractivity contribution < 1.29 is 37.7 Å². The first-order valence-corrected chi connectivity index (χ1v) is 23.2. The molecule has 340 valence electrons. The standard InChI is InChI=1S/C49H61N7O8/c1-26(60-7)37-32(10-9-15-50-37)40-34-21-46(2,3)25-63-44(58)38-28-16-31(17-28)56(53-38)43(57)39(52-45(59)49-19-29(20-49)47(4,5)64-49)41(54-23-48(6,24-54)61-8)42-51-35(22-62-42)27-11-14-36(33(34)18-27)55(40)30-12-13-30/h9-11,14-15,18,22,26,28-31,38-39,41,53H,12-13,16-17,19-21,23-25H2,1-8H3,(H,52,59)/t26-,28?,29?,31?,38-,39-,41-,49?/m0/s1. The number of likely N-dealkylation sites (tertiary alicyclic amines) is 1. The molecule has 4 aromatic rings. The highest BCUT2D eigenvalue weighted by atomic mass is 16.5. The van der Waals surface area contributed by atoms with Gasteiger partial charge >= 0.3 is 5.97 Å². The van der Waals surface area contributed by atoms with Gasteiger partial charge in [-0.3, -0.25) is 29.3 Å². The molecule has 4 atom stereocenters. The summed E-state index contributed by atoms with van der Waals surface area (Å²) in [6.07, 6.45) is 8.43. The Bertz CT molecular complexity index is 2540. The molecular formula is C49H61N7O8. The summed E-state index contributed by atoms with van der Waals surface area (Å²) < 4.78 is 33.5. The first-order chi connectivity index (χ1) is 30.5. The van der Waals surface area contributed by atoms with Crippen molar-refractivity contribution in [3.05, 3.63) is 59.9 Å². The van der Waals surface area contributed by atoms with E-state index in [1.54, 1.807) is 25.5 Å². The van der Waals surface area contributed by atoms with Crippen LogP contribution in [0.4, 0.5) is 0 Å². The molecule has 15 heteroatoms. The molecule has 5 saturated heterocycles. The van der Waals surface area contributed by atoms with Crippen LogP contribution < -0.4 is 10.7 Å². The van der Waals surface area contributed by atoms with E-state index in [9.17, 15) is 9.59 Å². The monoisotopic (exact) mass is 875 g/mol. The Morgan fingerprint density at radius 1 is 1.03 bits per heavy atom.